The number of hydrogen-bond donors (Lipinski definition) is 2. The van der Waals surface area contributed by atoms with Gasteiger partial charge in [-0.2, -0.15) is 13.2 Å². The van der Waals surface area contributed by atoms with Crippen molar-refractivity contribution in [3.8, 4) is 0 Å². The first kappa shape index (κ1) is 15.4. The highest BCUT2D eigenvalue weighted by molar-refractivity contribution is 5.98. The van der Waals surface area contributed by atoms with Crippen LogP contribution in [0.4, 0.5) is 13.2 Å². The number of hydrogen-bond acceptors (Lipinski definition) is 2. The van der Waals surface area contributed by atoms with Gasteiger partial charge in [-0.3, -0.25) is 9.59 Å². The third-order valence-corrected chi connectivity index (χ3v) is 4.31. The normalized spacial score (nSPS) is 21.8. The Bertz CT molecular complexity index is 784. The summed E-state index contributed by atoms with van der Waals surface area (Å²) in [6.45, 7) is -1.11. The number of benzene rings is 1. The lowest BCUT2D eigenvalue weighted by molar-refractivity contribution is -0.227. The van der Waals surface area contributed by atoms with Gasteiger partial charge in [-0.15, -0.1) is 0 Å². The Balaban J connectivity index is 1.88. The number of carbonyl (C=O) groups is 2. The molecule has 2 aromatic rings. The van der Waals surface area contributed by atoms with E-state index < -0.39 is 36.4 Å². The van der Waals surface area contributed by atoms with Crippen LogP contribution in [0.25, 0.3) is 10.9 Å². The first-order valence-electron chi connectivity index (χ1n) is 6.91. The van der Waals surface area contributed by atoms with Gasteiger partial charge in [0.15, 0.2) is 5.41 Å². The zero-order valence-corrected chi connectivity index (χ0v) is 11.9. The fourth-order valence-electron chi connectivity index (χ4n) is 2.87. The molecule has 1 aromatic heterocycles. The molecule has 1 aliphatic heterocycles. The Kier molecular flexibility index (Phi) is 3.35. The SMILES string of the molecule is O=C(c1ccc2cc[nH]c2c1)N1CCC(C(=O)O)(C(F)(F)F)C1. The van der Waals surface area contributed by atoms with Crippen LogP contribution in [0, 0.1) is 5.41 Å². The van der Waals surface area contributed by atoms with Gasteiger partial charge in [-0.1, -0.05) is 6.07 Å². The predicted molar refractivity (Wildman–Crippen MR) is 74.9 cm³/mol. The van der Waals surface area contributed by atoms with Gasteiger partial charge in [0, 0.05) is 30.4 Å². The number of likely N-dealkylation sites (tertiary alicyclic amines) is 1. The van der Waals surface area contributed by atoms with E-state index in [0.717, 1.165) is 10.3 Å². The molecular formula is C15H13F3N2O3. The smallest absolute Gasteiger partial charge is 0.406 e. The molecule has 1 aliphatic rings. The van der Waals surface area contributed by atoms with Gasteiger partial charge < -0.3 is 15.0 Å². The Labute approximate surface area is 128 Å². The summed E-state index contributed by atoms with van der Waals surface area (Å²) in [5.74, 6) is -2.55. The molecule has 0 radical (unpaired) electrons. The second-order valence-electron chi connectivity index (χ2n) is 5.64. The molecule has 2 heterocycles. The van der Waals surface area contributed by atoms with Crippen molar-refractivity contribution in [2.24, 2.45) is 5.41 Å². The number of carboxylic acid groups (broad SMARTS) is 1. The summed E-state index contributed by atoms with van der Waals surface area (Å²) >= 11 is 0. The number of carbonyl (C=O) groups excluding carboxylic acids is 1. The number of carboxylic acids is 1. The molecule has 1 fully saturated rings. The van der Waals surface area contributed by atoms with Gasteiger partial charge in [0.2, 0.25) is 0 Å². The van der Waals surface area contributed by atoms with Crippen LogP contribution >= 0.6 is 0 Å². The molecule has 23 heavy (non-hydrogen) atoms. The topological polar surface area (TPSA) is 73.4 Å². The summed E-state index contributed by atoms with van der Waals surface area (Å²) < 4.78 is 39.4. The van der Waals surface area contributed by atoms with E-state index in [2.05, 4.69) is 4.98 Å². The van der Waals surface area contributed by atoms with Crippen molar-refractivity contribution in [1.82, 2.24) is 9.88 Å². The van der Waals surface area contributed by atoms with E-state index in [-0.39, 0.29) is 12.1 Å². The minimum Gasteiger partial charge on any atom is -0.481 e. The number of H-pyrrole nitrogens is 1. The molecule has 0 aliphatic carbocycles. The lowest BCUT2D eigenvalue weighted by Crippen LogP contribution is -2.47. The summed E-state index contributed by atoms with van der Waals surface area (Å²) in [5.41, 5.74) is -1.97. The Morgan fingerprint density at radius 3 is 2.61 bits per heavy atom. The lowest BCUT2D eigenvalue weighted by atomic mass is 9.86. The maximum absolute atomic E-state index is 13.1. The van der Waals surface area contributed by atoms with Crippen LogP contribution in [0.1, 0.15) is 16.8 Å². The third kappa shape index (κ3) is 2.34. The summed E-state index contributed by atoms with van der Waals surface area (Å²) in [4.78, 5) is 27.4. The predicted octanol–water partition coefficient (Wildman–Crippen LogP) is 2.65. The molecule has 1 amide bonds. The average molecular weight is 326 g/mol. The monoisotopic (exact) mass is 326 g/mol. The van der Waals surface area contributed by atoms with E-state index in [1.54, 1.807) is 24.4 Å². The maximum atomic E-state index is 13.1. The van der Waals surface area contributed by atoms with Crippen LogP contribution in [0.3, 0.4) is 0 Å². The highest BCUT2D eigenvalue weighted by atomic mass is 19.4. The molecule has 0 spiro atoms. The second kappa shape index (κ2) is 5.00. The quantitative estimate of drug-likeness (QED) is 0.891. The van der Waals surface area contributed by atoms with Crippen LogP contribution in [-0.4, -0.2) is 46.1 Å². The fourth-order valence-corrected chi connectivity index (χ4v) is 2.87. The van der Waals surface area contributed by atoms with E-state index in [1.807, 2.05) is 0 Å². The van der Waals surface area contributed by atoms with E-state index in [1.165, 1.54) is 6.07 Å². The molecule has 2 N–H and O–H groups in total. The summed E-state index contributed by atoms with van der Waals surface area (Å²) in [5, 5.41) is 9.89. The first-order chi connectivity index (χ1) is 10.7. The number of nitrogens with one attached hydrogen (secondary N) is 1. The number of aromatic nitrogens is 1. The zero-order valence-electron chi connectivity index (χ0n) is 11.9. The van der Waals surface area contributed by atoms with E-state index in [9.17, 15) is 22.8 Å². The van der Waals surface area contributed by atoms with Crippen LogP contribution in [0.15, 0.2) is 30.5 Å². The van der Waals surface area contributed by atoms with Gasteiger partial charge in [0.05, 0.1) is 0 Å². The van der Waals surface area contributed by atoms with Crippen LogP contribution < -0.4 is 0 Å². The molecule has 5 nitrogen and oxygen atoms in total. The van der Waals surface area contributed by atoms with Gasteiger partial charge >= 0.3 is 12.1 Å². The maximum Gasteiger partial charge on any atom is 0.406 e. The van der Waals surface area contributed by atoms with Crippen molar-refractivity contribution in [2.75, 3.05) is 13.1 Å². The minimum absolute atomic E-state index is 0.225. The lowest BCUT2D eigenvalue weighted by Gasteiger charge is -2.27. The molecule has 1 unspecified atom stereocenters. The van der Waals surface area contributed by atoms with Crippen LogP contribution in [0.5, 0.6) is 0 Å². The Morgan fingerprint density at radius 1 is 1.26 bits per heavy atom. The van der Waals surface area contributed by atoms with Crippen molar-refractivity contribution in [1.29, 1.82) is 0 Å². The number of alkyl halides is 3. The largest absolute Gasteiger partial charge is 0.481 e. The molecular weight excluding hydrogens is 313 g/mol. The zero-order chi connectivity index (χ0) is 16.8. The number of halogens is 3. The van der Waals surface area contributed by atoms with Gasteiger partial charge in [0.1, 0.15) is 0 Å². The van der Waals surface area contributed by atoms with E-state index in [4.69, 9.17) is 5.11 Å². The number of fused-ring (bicyclic) bond motifs is 1. The van der Waals surface area contributed by atoms with Gasteiger partial charge in [-0.25, -0.2) is 0 Å². The summed E-state index contributed by atoms with van der Waals surface area (Å²) in [6, 6.07) is 6.56. The molecule has 3 rings (SSSR count). The summed E-state index contributed by atoms with van der Waals surface area (Å²) in [6.07, 6.45) is -3.85. The van der Waals surface area contributed by atoms with Crippen molar-refractivity contribution in [3.05, 3.63) is 36.0 Å². The molecule has 0 saturated carbocycles. The van der Waals surface area contributed by atoms with Gasteiger partial charge in [0.25, 0.3) is 5.91 Å². The van der Waals surface area contributed by atoms with Crippen molar-refractivity contribution in [3.63, 3.8) is 0 Å². The number of rotatable bonds is 2. The Morgan fingerprint density at radius 2 is 2.00 bits per heavy atom. The molecule has 1 aromatic carbocycles. The number of aromatic amines is 1. The second-order valence-corrected chi connectivity index (χ2v) is 5.64. The minimum atomic E-state index is -4.91. The molecule has 122 valence electrons. The third-order valence-electron chi connectivity index (χ3n) is 4.31. The standard InChI is InChI=1S/C15H13F3N2O3/c16-15(17,18)14(13(22)23)4-6-20(8-14)12(21)10-2-1-9-3-5-19-11(9)7-10/h1-3,5,7,19H,4,6,8H2,(H,22,23). The van der Waals surface area contributed by atoms with Crippen LogP contribution in [-0.2, 0) is 4.79 Å². The van der Waals surface area contributed by atoms with Gasteiger partial charge in [-0.05, 0) is 30.0 Å². The molecule has 1 atom stereocenters. The van der Waals surface area contributed by atoms with Crippen molar-refractivity contribution < 1.29 is 27.9 Å². The first-order valence-corrected chi connectivity index (χ1v) is 6.91. The van der Waals surface area contributed by atoms with Crippen LogP contribution in [0.2, 0.25) is 0 Å². The van der Waals surface area contributed by atoms with Crippen molar-refractivity contribution >= 4 is 22.8 Å². The Hall–Kier alpha value is -2.51. The van der Waals surface area contributed by atoms with E-state index in [0.29, 0.717) is 5.52 Å². The number of nitrogens with zero attached hydrogens (tertiary/aromatic N) is 1. The number of aliphatic carboxylic acids is 1. The average Bonchev–Trinajstić information content (AvgIpc) is 3.12. The highest BCUT2D eigenvalue weighted by Gasteiger charge is 2.64. The summed E-state index contributed by atoms with van der Waals surface area (Å²) in [7, 11) is 0. The molecule has 1 saturated heterocycles. The van der Waals surface area contributed by atoms with Crippen molar-refractivity contribution in [2.45, 2.75) is 12.6 Å². The fraction of sp³-hybridized carbons (Fsp3) is 0.333. The highest BCUT2D eigenvalue weighted by Crippen LogP contribution is 2.46. The van der Waals surface area contributed by atoms with E-state index >= 15 is 0 Å². The molecule has 0 bridgehead atoms. The number of amides is 1. The molecule has 8 heteroatoms.